The summed E-state index contributed by atoms with van der Waals surface area (Å²) in [6.07, 6.45) is 2.77. The van der Waals surface area contributed by atoms with E-state index < -0.39 is 11.6 Å². The fraction of sp³-hybridized carbons (Fsp3) is 0. The van der Waals surface area contributed by atoms with Crippen molar-refractivity contribution in [1.29, 1.82) is 0 Å². The zero-order chi connectivity index (χ0) is 8.72. The highest BCUT2D eigenvalue weighted by atomic mass is 32.1. The van der Waals surface area contributed by atoms with Crippen LogP contribution in [0.1, 0.15) is 15.2 Å². The molecular weight excluding hydrogens is 176 g/mol. The number of carbonyl (C=O) groups is 2. The molecule has 1 N–H and O–H groups in total. The summed E-state index contributed by atoms with van der Waals surface area (Å²) in [5.74, 6) is -1.29. The lowest BCUT2D eigenvalue weighted by atomic mass is 10.0. The van der Waals surface area contributed by atoms with E-state index in [1.807, 2.05) is 0 Å². The number of allylic oxidation sites excluding steroid dienone is 1. The zero-order valence-corrected chi connectivity index (χ0v) is 6.72. The van der Waals surface area contributed by atoms with Crippen LogP contribution in [-0.2, 0) is 4.79 Å². The largest absolute Gasteiger partial charge is 0.506 e. The first kappa shape index (κ1) is 7.24. The minimum atomic E-state index is -0.619. The molecule has 0 fully saturated rings. The number of hydrogen-bond acceptors (Lipinski definition) is 4. The van der Waals surface area contributed by atoms with Crippen LogP contribution >= 0.6 is 11.3 Å². The van der Waals surface area contributed by atoms with E-state index in [0.29, 0.717) is 4.88 Å². The summed E-state index contributed by atoms with van der Waals surface area (Å²) in [4.78, 5) is 22.7. The van der Waals surface area contributed by atoms with Crippen molar-refractivity contribution in [3.05, 3.63) is 21.9 Å². The second-order valence-electron chi connectivity index (χ2n) is 2.39. The summed E-state index contributed by atoms with van der Waals surface area (Å²) >= 11 is 1.25. The standard InChI is InChI=1S/C8H4O3S/c9-4-1-2-6-7(8(4)11)5(10)3-12-6/h1-3,10H. The quantitative estimate of drug-likeness (QED) is 0.611. The van der Waals surface area contributed by atoms with Crippen molar-refractivity contribution in [3.8, 4) is 5.75 Å². The molecule has 1 aliphatic rings. The predicted molar refractivity (Wildman–Crippen MR) is 44.4 cm³/mol. The van der Waals surface area contributed by atoms with Crippen molar-refractivity contribution in [2.75, 3.05) is 0 Å². The zero-order valence-electron chi connectivity index (χ0n) is 5.90. The number of aromatic hydroxyl groups is 1. The van der Waals surface area contributed by atoms with E-state index in [1.165, 1.54) is 22.8 Å². The Balaban J connectivity index is 2.70. The summed E-state index contributed by atoms with van der Waals surface area (Å²) in [5.41, 5.74) is 0.146. The second kappa shape index (κ2) is 2.28. The van der Waals surface area contributed by atoms with Gasteiger partial charge in [-0.15, -0.1) is 11.3 Å². The molecule has 2 rings (SSSR count). The maximum Gasteiger partial charge on any atom is 0.238 e. The van der Waals surface area contributed by atoms with Gasteiger partial charge >= 0.3 is 0 Å². The third-order valence-electron chi connectivity index (χ3n) is 1.64. The topological polar surface area (TPSA) is 54.4 Å². The monoisotopic (exact) mass is 180 g/mol. The van der Waals surface area contributed by atoms with E-state index in [2.05, 4.69) is 0 Å². The van der Waals surface area contributed by atoms with Gasteiger partial charge in [0.1, 0.15) is 5.75 Å². The van der Waals surface area contributed by atoms with Gasteiger partial charge in [0.15, 0.2) is 0 Å². The number of hydrogen-bond donors (Lipinski definition) is 1. The average molecular weight is 180 g/mol. The molecule has 1 aromatic rings. The van der Waals surface area contributed by atoms with Crippen molar-refractivity contribution in [2.45, 2.75) is 0 Å². The van der Waals surface area contributed by atoms with Crippen molar-refractivity contribution in [3.63, 3.8) is 0 Å². The van der Waals surface area contributed by atoms with Gasteiger partial charge in [-0.3, -0.25) is 9.59 Å². The fourth-order valence-corrected chi connectivity index (χ4v) is 1.88. The predicted octanol–water partition coefficient (Wildman–Crippen LogP) is 1.23. The van der Waals surface area contributed by atoms with Crippen molar-refractivity contribution in [1.82, 2.24) is 0 Å². The van der Waals surface area contributed by atoms with E-state index in [9.17, 15) is 14.7 Å². The molecule has 0 aromatic carbocycles. The van der Waals surface area contributed by atoms with Gasteiger partial charge in [-0.05, 0) is 12.2 Å². The summed E-state index contributed by atoms with van der Waals surface area (Å²) in [7, 11) is 0. The molecule has 60 valence electrons. The minimum absolute atomic E-state index is 0.0994. The molecule has 1 aromatic heterocycles. The SMILES string of the molecule is O=C1C=Cc2scc(O)c2C1=O. The van der Waals surface area contributed by atoms with Crippen LogP contribution in [0.5, 0.6) is 5.75 Å². The molecule has 0 bridgehead atoms. The number of fused-ring (bicyclic) bond motifs is 1. The van der Waals surface area contributed by atoms with Gasteiger partial charge in [0, 0.05) is 10.3 Å². The number of rotatable bonds is 0. The molecular formula is C8H4O3S. The van der Waals surface area contributed by atoms with Gasteiger partial charge in [0.25, 0.3) is 0 Å². The maximum atomic E-state index is 11.1. The Morgan fingerprint density at radius 1 is 1.25 bits per heavy atom. The molecule has 1 heterocycles. The van der Waals surface area contributed by atoms with Gasteiger partial charge in [0.05, 0.1) is 5.56 Å². The molecule has 0 radical (unpaired) electrons. The van der Waals surface area contributed by atoms with Gasteiger partial charge in [-0.2, -0.15) is 0 Å². The van der Waals surface area contributed by atoms with Gasteiger partial charge in [-0.1, -0.05) is 0 Å². The summed E-state index contributed by atoms with van der Waals surface area (Å²) in [6.45, 7) is 0. The van der Waals surface area contributed by atoms with E-state index >= 15 is 0 Å². The Bertz CT molecular complexity index is 400. The Hall–Kier alpha value is -1.42. The normalized spacial score (nSPS) is 15.0. The number of ketones is 2. The highest BCUT2D eigenvalue weighted by molar-refractivity contribution is 7.12. The van der Waals surface area contributed by atoms with Crippen LogP contribution in [-0.4, -0.2) is 16.7 Å². The van der Waals surface area contributed by atoms with Crippen LogP contribution in [0.4, 0.5) is 0 Å². The highest BCUT2D eigenvalue weighted by Gasteiger charge is 2.25. The first-order valence-electron chi connectivity index (χ1n) is 3.27. The molecule has 0 spiro atoms. The second-order valence-corrected chi connectivity index (χ2v) is 3.30. The molecule has 0 amide bonds. The Morgan fingerprint density at radius 2 is 2.00 bits per heavy atom. The van der Waals surface area contributed by atoms with Gasteiger partial charge in [-0.25, -0.2) is 0 Å². The lowest BCUT2D eigenvalue weighted by Crippen LogP contribution is -2.14. The molecule has 4 heteroatoms. The lowest BCUT2D eigenvalue weighted by molar-refractivity contribution is -0.110. The first-order chi connectivity index (χ1) is 5.70. The molecule has 0 aliphatic heterocycles. The van der Waals surface area contributed by atoms with E-state index in [1.54, 1.807) is 6.08 Å². The maximum absolute atomic E-state index is 11.1. The third kappa shape index (κ3) is 0.816. The molecule has 12 heavy (non-hydrogen) atoms. The minimum Gasteiger partial charge on any atom is -0.506 e. The first-order valence-corrected chi connectivity index (χ1v) is 4.15. The summed E-state index contributed by atoms with van der Waals surface area (Å²) < 4.78 is 0. The van der Waals surface area contributed by atoms with Crippen LogP contribution in [0.3, 0.4) is 0 Å². The summed E-state index contributed by atoms with van der Waals surface area (Å²) in [6, 6.07) is 0. The number of carbonyl (C=O) groups excluding carboxylic acids is 2. The van der Waals surface area contributed by atoms with E-state index in [4.69, 9.17) is 0 Å². The highest BCUT2D eigenvalue weighted by Crippen LogP contribution is 2.32. The Morgan fingerprint density at radius 3 is 2.75 bits per heavy atom. The van der Waals surface area contributed by atoms with Crippen LogP contribution in [0.2, 0.25) is 0 Å². The van der Waals surface area contributed by atoms with Crippen LogP contribution < -0.4 is 0 Å². The smallest absolute Gasteiger partial charge is 0.238 e. The Labute approximate surface area is 72.0 Å². The molecule has 0 unspecified atom stereocenters. The number of thiophene rings is 1. The third-order valence-corrected chi connectivity index (χ3v) is 2.57. The van der Waals surface area contributed by atoms with Crippen LogP contribution in [0.25, 0.3) is 6.08 Å². The van der Waals surface area contributed by atoms with Crippen molar-refractivity contribution < 1.29 is 14.7 Å². The fourth-order valence-electron chi connectivity index (χ4n) is 1.06. The van der Waals surface area contributed by atoms with Crippen molar-refractivity contribution in [2.24, 2.45) is 0 Å². The van der Waals surface area contributed by atoms with E-state index in [-0.39, 0.29) is 11.3 Å². The van der Waals surface area contributed by atoms with Crippen LogP contribution in [0, 0.1) is 0 Å². The Kier molecular flexibility index (Phi) is 1.38. The molecule has 0 saturated heterocycles. The molecule has 0 atom stereocenters. The lowest BCUT2D eigenvalue weighted by Gasteiger charge is -2.01. The number of Topliss-reactive ketones (excluding diaryl/α,β-unsaturated/α-hetero) is 1. The van der Waals surface area contributed by atoms with Crippen molar-refractivity contribution >= 4 is 29.0 Å². The van der Waals surface area contributed by atoms with E-state index in [0.717, 1.165) is 0 Å². The molecule has 1 aliphatic carbocycles. The summed E-state index contributed by atoms with van der Waals surface area (Å²) in [5, 5.41) is 10.6. The van der Waals surface area contributed by atoms with Gasteiger partial charge < -0.3 is 5.11 Å². The van der Waals surface area contributed by atoms with Crippen LogP contribution in [0.15, 0.2) is 11.5 Å². The molecule has 3 nitrogen and oxygen atoms in total. The molecule has 0 saturated carbocycles. The average Bonchev–Trinajstić information content (AvgIpc) is 2.41. The van der Waals surface area contributed by atoms with Gasteiger partial charge in [0.2, 0.25) is 11.6 Å².